The lowest BCUT2D eigenvalue weighted by Crippen LogP contribution is -2.42. The number of rotatable bonds is 4. The summed E-state index contributed by atoms with van der Waals surface area (Å²) in [6.07, 6.45) is 4.19. The van der Waals surface area contributed by atoms with Crippen LogP contribution in [0.25, 0.3) is 0 Å². The molecule has 3 N–H and O–H groups in total. The number of anilines is 1. The van der Waals surface area contributed by atoms with Crippen molar-refractivity contribution >= 4 is 39.1 Å². The van der Waals surface area contributed by atoms with E-state index < -0.39 is 0 Å². The number of hydrogen-bond acceptors (Lipinski definition) is 3. The molecule has 1 aromatic carbocycles. The number of nitrogens with zero attached hydrogens (tertiary/aromatic N) is 1. The number of amides is 1. The quantitative estimate of drug-likeness (QED) is 0.850. The molecule has 4 nitrogen and oxygen atoms in total. The molecule has 0 saturated heterocycles. The van der Waals surface area contributed by atoms with Crippen LogP contribution < -0.4 is 11.1 Å². The summed E-state index contributed by atoms with van der Waals surface area (Å²) in [4.78, 5) is 14.2. The van der Waals surface area contributed by atoms with Gasteiger partial charge < -0.3 is 11.1 Å². The second-order valence-electron chi connectivity index (χ2n) is 5.66. The molecule has 1 aromatic rings. The zero-order chi connectivity index (χ0) is 15.4. The van der Waals surface area contributed by atoms with E-state index >= 15 is 0 Å². The van der Waals surface area contributed by atoms with Crippen molar-refractivity contribution in [1.82, 2.24) is 4.90 Å². The summed E-state index contributed by atoms with van der Waals surface area (Å²) in [5.41, 5.74) is 6.56. The number of nitrogens with two attached hydrogens (primary N) is 1. The fourth-order valence-electron chi connectivity index (χ4n) is 2.68. The van der Waals surface area contributed by atoms with E-state index in [2.05, 4.69) is 26.1 Å². The minimum Gasteiger partial charge on any atom is -0.328 e. The predicted molar refractivity (Wildman–Crippen MR) is 90.6 cm³/mol. The van der Waals surface area contributed by atoms with Gasteiger partial charge in [-0.25, -0.2) is 0 Å². The molecule has 0 bridgehead atoms. The summed E-state index contributed by atoms with van der Waals surface area (Å²) < 4.78 is 0.890. The van der Waals surface area contributed by atoms with Crippen LogP contribution in [0.1, 0.15) is 25.7 Å². The molecule has 0 aromatic heterocycles. The highest BCUT2D eigenvalue weighted by Gasteiger charge is 2.23. The number of halogens is 2. The van der Waals surface area contributed by atoms with Gasteiger partial charge in [0.25, 0.3) is 0 Å². The predicted octanol–water partition coefficient (Wildman–Crippen LogP) is 3.24. The summed E-state index contributed by atoms with van der Waals surface area (Å²) in [5.74, 6) is -0.0448. The Hall–Kier alpha value is -0.620. The largest absolute Gasteiger partial charge is 0.328 e. The summed E-state index contributed by atoms with van der Waals surface area (Å²) in [6.45, 7) is 0.367. The topological polar surface area (TPSA) is 58.4 Å². The molecule has 0 radical (unpaired) electrons. The Kier molecular flexibility index (Phi) is 6.05. The maximum atomic E-state index is 12.1. The van der Waals surface area contributed by atoms with Crippen LogP contribution in [0.15, 0.2) is 22.7 Å². The summed E-state index contributed by atoms with van der Waals surface area (Å²) in [7, 11) is 1.99. The molecular formula is C15H21BrClN3O. The minimum atomic E-state index is -0.0448. The van der Waals surface area contributed by atoms with Gasteiger partial charge in [0.2, 0.25) is 5.91 Å². The van der Waals surface area contributed by atoms with Crippen LogP contribution in [-0.2, 0) is 4.79 Å². The van der Waals surface area contributed by atoms with Gasteiger partial charge in [-0.05, 0) is 50.9 Å². The minimum absolute atomic E-state index is 0.0448. The fourth-order valence-corrected chi connectivity index (χ4v) is 3.40. The fraction of sp³-hybridized carbons (Fsp3) is 0.533. The second kappa shape index (κ2) is 7.58. The molecule has 2 rings (SSSR count). The van der Waals surface area contributed by atoms with Crippen LogP contribution in [0.3, 0.4) is 0 Å². The van der Waals surface area contributed by atoms with Crippen LogP contribution in [-0.4, -0.2) is 36.5 Å². The molecule has 1 aliphatic rings. The van der Waals surface area contributed by atoms with Crippen LogP contribution in [0.4, 0.5) is 5.69 Å². The Labute approximate surface area is 139 Å². The zero-order valence-electron chi connectivity index (χ0n) is 12.1. The molecule has 0 heterocycles. The van der Waals surface area contributed by atoms with E-state index in [9.17, 15) is 4.79 Å². The third-order valence-corrected chi connectivity index (χ3v) is 4.77. The van der Waals surface area contributed by atoms with Gasteiger partial charge in [-0.3, -0.25) is 9.69 Å². The second-order valence-corrected chi connectivity index (χ2v) is 6.98. The number of hydrogen-bond donors (Lipinski definition) is 2. The smallest absolute Gasteiger partial charge is 0.238 e. The monoisotopic (exact) mass is 373 g/mol. The van der Waals surface area contributed by atoms with Gasteiger partial charge in [0.15, 0.2) is 0 Å². The number of benzene rings is 1. The van der Waals surface area contributed by atoms with E-state index in [1.807, 2.05) is 13.1 Å². The van der Waals surface area contributed by atoms with Crippen LogP contribution in [0.2, 0.25) is 5.02 Å². The standard InChI is InChI=1S/C15H21BrClN3O/c1-20(12-5-3-11(18)4-6-12)9-15(21)19-14-7-2-10(16)8-13(14)17/h2,7-8,11-12H,3-6,9,18H2,1H3,(H,19,21). The SMILES string of the molecule is CN(CC(=O)Nc1ccc(Br)cc1Cl)C1CCC(N)CC1. The van der Waals surface area contributed by atoms with Gasteiger partial charge in [-0.2, -0.15) is 0 Å². The van der Waals surface area contributed by atoms with E-state index in [-0.39, 0.29) is 5.91 Å². The highest BCUT2D eigenvalue weighted by Crippen LogP contribution is 2.26. The highest BCUT2D eigenvalue weighted by molar-refractivity contribution is 9.10. The van der Waals surface area contributed by atoms with Crippen LogP contribution >= 0.6 is 27.5 Å². The molecule has 0 atom stereocenters. The normalized spacial score (nSPS) is 22.3. The number of carbonyl (C=O) groups excluding carboxylic acids is 1. The third-order valence-electron chi connectivity index (χ3n) is 3.96. The van der Waals surface area contributed by atoms with Crippen molar-refractivity contribution in [3.8, 4) is 0 Å². The molecule has 1 saturated carbocycles. The zero-order valence-corrected chi connectivity index (χ0v) is 14.5. The van der Waals surface area contributed by atoms with Crippen LogP contribution in [0, 0.1) is 0 Å². The van der Waals surface area contributed by atoms with Gasteiger partial charge in [-0.1, -0.05) is 27.5 Å². The Bertz CT molecular complexity index is 504. The van der Waals surface area contributed by atoms with Gasteiger partial charge in [0.1, 0.15) is 0 Å². The average Bonchev–Trinajstić information content (AvgIpc) is 2.42. The summed E-state index contributed by atoms with van der Waals surface area (Å²) in [6, 6.07) is 6.18. The average molecular weight is 375 g/mol. The van der Waals surface area contributed by atoms with E-state index in [4.69, 9.17) is 17.3 Å². The van der Waals surface area contributed by atoms with Crippen molar-refractivity contribution in [2.45, 2.75) is 37.8 Å². The van der Waals surface area contributed by atoms with Crippen molar-refractivity contribution in [3.05, 3.63) is 27.7 Å². The molecule has 1 fully saturated rings. The maximum Gasteiger partial charge on any atom is 0.238 e. The Morgan fingerprint density at radius 1 is 1.43 bits per heavy atom. The molecule has 6 heteroatoms. The lowest BCUT2D eigenvalue weighted by atomic mass is 9.91. The van der Waals surface area contributed by atoms with E-state index in [1.54, 1.807) is 12.1 Å². The van der Waals surface area contributed by atoms with E-state index in [0.29, 0.717) is 29.3 Å². The maximum absolute atomic E-state index is 12.1. The first-order valence-electron chi connectivity index (χ1n) is 7.16. The van der Waals surface area contributed by atoms with Crippen LogP contribution in [0.5, 0.6) is 0 Å². The molecule has 1 aliphatic carbocycles. The number of likely N-dealkylation sites (N-methyl/N-ethyl adjacent to an activating group) is 1. The molecular weight excluding hydrogens is 354 g/mol. The highest BCUT2D eigenvalue weighted by atomic mass is 79.9. The first-order chi connectivity index (χ1) is 9.95. The van der Waals surface area contributed by atoms with Crippen molar-refractivity contribution in [3.63, 3.8) is 0 Å². The van der Waals surface area contributed by atoms with Gasteiger partial charge in [0.05, 0.1) is 17.3 Å². The summed E-state index contributed by atoms with van der Waals surface area (Å²) in [5, 5.41) is 3.39. The molecule has 1 amide bonds. The third kappa shape index (κ3) is 4.95. The van der Waals surface area contributed by atoms with Crippen molar-refractivity contribution in [1.29, 1.82) is 0 Å². The molecule has 116 valence electrons. The van der Waals surface area contributed by atoms with E-state index in [1.165, 1.54) is 0 Å². The van der Waals surface area contributed by atoms with Crippen molar-refractivity contribution in [2.24, 2.45) is 5.73 Å². The number of carbonyl (C=O) groups is 1. The van der Waals surface area contributed by atoms with Gasteiger partial charge in [0, 0.05) is 16.6 Å². The van der Waals surface area contributed by atoms with E-state index in [0.717, 1.165) is 30.2 Å². The number of nitrogens with one attached hydrogen (secondary N) is 1. The Morgan fingerprint density at radius 2 is 2.10 bits per heavy atom. The first kappa shape index (κ1) is 16.7. The first-order valence-corrected chi connectivity index (χ1v) is 8.33. The molecule has 0 aliphatic heterocycles. The van der Waals surface area contributed by atoms with Gasteiger partial charge >= 0.3 is 0 Å². The lowest BCUT2D eigenvalue weighted by molar-refractivity contribution is -0.117. The van der Waals surface area contributed by atoms with Crippen molar-refractivity contribution < 1.29 is 4.79 Å². The van der Waals surface area contributed by atoms with Gasteiger partial charge in [-0.15, -0.1) is 0 Å². The molecule has 0 spiro atoms. The summed E-state index contributed by atoms with van der Waals surface area (Å²) >= 11 is 9.45. The van der Waals surface area contributed by atoms with Crippen molar-refractivity contribution in [2.75, 3.05) is 18.9 Å². The molecule has 0 unspecified atom stereocenters. The Balaban J connectivity index is 1.86. The Morgan fingerprint density at radius 3 is 2.71 bits per heavy atom. The molecule has 21 heavy (non-hydrogen) atoms. The lowest BCUT2D eigenvalue weighted by Gasteiger charge is -2.33.